The lowest BCUT2D eigenvalue weighted by Gasteiger charge is -2.28. The average molecular weight is 410 g/mol. The van der Waals surface area contributed by atoms with Crippen LogP contribution in [0.4, 0.5) is 33.6 Å². The molecule has 0 unspecified atom stereocenters. The van der Waals surface area contributed by atoms with E-state index >= 15 is 0 Å². The lowest BCUT2D eigenvalue weighted by molar-refractivity contribution is -0.137. The quantitative estimate of drug-likeness (QED) is 0.745. The van der Waals surface area contributed by atoms with Gasteiger partial charge in [0.1, 0.15) is 6.04 Å². The van der Waals surface area contributed by atoms with Crippen molar-refractivity contribution in [2.75, 3.05) is 10.6 Å². The summed E-state index contributed by atoms with van der Waals surface area (Å²) >= 11 is 5.52. The lowest BCUT2D eigenvalue weighted by Crippen LogP contribution is -2.33. The highest BCUT2D eigenvalue weighted by atomic mass is 35.5. The SMILES string of the molecule is C[C@H]1C[C@H](C(F)F)n2nc(C(=O)Nc3ccc(Cl)c(C(F)(F)F)c3)nc2N1. The molecule has 0 radical (unpaired) electrons. The predicted octanol–water partition coefficient (Wildman–Crippen LogP) is 4.21. The molecule has 1 aromatic carbocycles. The number of halogens is 6. The summed E-state index contributed by atoms with van der Waals surface area (Å²) in [6.07, 6.45) is -7.33. The van der Waals surface area contributed by atoms with Gasteiger partial charge in [-0.1, -0.05) is 11.6 Å². The third-order valence-electron chi connectivity index (χ3n) is 3.94. The first-order valence-electron chi connectivity index (χ1n) is 7.75. The van der Waals surface area contributed by atoms with Gasteiger partial charge in [0.05, 0.1) is 10.6 Å². The number of nitrogens with zero attached hydrogens (tertiary/aromatic N) is 3. The van der Waals surface area contributed by atoms with Crippen LogP contribution in [0.2, 0.25) is 5.02 Å². The van der Waals surface area contributed by atoms with E-state index in [1.807, 2.05) is 0 Å². The number of fused-ring (bicyclic) bond motifs is 1. The van der Waals surface area contributed by atoms with Gasteiger partial charge in [-0.05, 0) is 31.5 Å². The fourth-order valence-corrected chi connectivity index (χ4v) is 2.93. The number of rotatable bonds is 3. The Morgan fingerprint density at radius 3 is 2.74 bits per heavy atom. The molecule has 12 heteroatoms. The zero-order valence-corrected chi connectivity index (χ0v) is 14.4. The Bertz CT molecular complexity index is 869. The Kier molecular flexibility index (Phi) is 4.98. The maximum atomic E-state index is 13.2. The van der Waals surface area contributed by atoms with E-state index in [0.717, 1.165) is 10.7 Å². The number of nitrogens with one attached hydrogen (secondary N) is 2. The summed E-state index contributed by atoms with van der Waals surface area (Å²) in [5, 5.41) is 8.30. The fourth-order valence-electron chi connectivity index (χ4n) is 2.71. The van der Waals surface area contributed by atoms with E-state index in [0.29, 0.717) is 6.07 Å². The number of anilines is 2. The third-order valence-corrected chi connectivity index (χ3v) is 4.27. The van der Waals surface area contributed by atoms with Crippen LogP contribution >= 0.6 is 11.6 Å². The van der Waals surface area contributed by atoms with Gasteiger partial charge >= 0.3 is 6.18 Å². The van der Waals surface area contributed by atoms with Crippen LogP contribution in [-0.4, -0.2) is 33.1 Å². The summed E-state index contributed by atoms with van der Waals surface area (Å²) in [4.78, 5) is 16.1. The molecular weight excluding hydrogens is 397 g/mol. The van der Waals surface area contributed by atoms with E-state index < -0.39 is 41.0 Å². The number of benzene rings is 1. The van der Waals surface area contributed by atoms with Gasteiger partial charge in [0.2, 0.25) is 11.8 Å². The molecule has 0 fully saturated rings. The normalized spacial score (nSPS) is 19.6. The Labute approximate surface area is 154 Å². The number of hydrogen-bond donors (Lipinski definition) is 2. The molecule has 0 bridgehead atoms. The van der Waals surface area contributed by atoms with Gasteiger partial charge in [-0.3, -0.25) is 4.79 Å². The zero-order valence-electron chi connectivity index (χ0n) is 13.7. The predicted molar refractivity (Wildman–Crippen MR) is 87.2 cm³/mol. The molecule has 6 nitrogen and oxygen atoms in total. The first-order valence-corrected chi connectivity index (χ1v) is 8.13. The van der Waals surface area contributed by atoms with Crippen LogP contribution in [-0.2, 0) is 6.18 Å². The van der Waals surface area contributed by atoms with Gasteiger partial charge in [-0.15, -0.1) is 5.10 Å². The second-order valence-electron chi connectivity index (χ2n) is 6.03. The van der Waals surface area contributed by atoms with E-state index in [4.69, 9.17) is 11.6 Å². The van der Waals surface area contributed by atoms with E-state index in [-0.39, 0.29) is 24.1 Å². The van der Waals surface area contributed by atoms with E-state index in [9.17, 15) is 26.7 Å². The monoisotopic (exact) mass is 409 g/mol. The van der Waals surface area contributed by atoms with Crippen molar-refractivity contribution in [1.29, 1.82) is 0 Å². The minimum Gasteiger partial charge on any atom is -0.352 e. The van der Waals surface area contributed by atoms with Crippen molar-refractivity contribution in [1.82, 2.24) is 14.8 Å². The second-order valence-corrected chi connectivity index (χ2v) is 6.44. The molecule has 2 heterocycles. The summed E-state index contributed by atoms with van der Waals surface area (Å²) in [6, 6.07) is 1.27. The van der Waals surface area contributed by atoms with Crippen LogP contribution in [0.1, 0.15) is 35.6 Å². The van der Waals surface area contributed by atoms with Crippen molar-refractivity contribution in [3.8, 4) is 0 Å². The highest BCUT2D eigenvalue weighted by Crippen LogP contribution is 2.36. The second kappa shape index (κ2) is 6.95. The zero-order chi connectivity index (χ0) is 19.9. The molecule has 0 saturated carbocycles. The summed E-state index contributed by atoms with van der Waals surface area (Å²) in [6.45, 7) is 1.68. The first kappa shape index (κ1) is 19.3. The molecule has 0 saturated heterocycles. The standard InChI is InChI=1S/C15H13ClF5N5O/c1-6-4-10(11(17)18)26-14(22-6)24-12(25-26)13(27)23-7-2-3-9(16)8(5-7)15(19,20)21/h2-3,5-6,10-11H,4H2,1H3,(H,23,27)(H,22,24,25)/t6-,10+/m0/s1. The van der Waals surface area contributed by atoms with Gasteiger partial charge in [0, 0.05) is 11.7 Å². The van der Waals surface area contributed by atoms with E-state index in [1.165, 1.54) is 6.07 Å². The average Bonchev–Trinajstić information content (AvgIpc) is 2.98. The largest absolute Gasteiger partial charge is 0.417 e. The molecule has 1 aliphatic rings. The van der Waals surface area contributed by atoms with Crippen molar-refractivity contribution in [2.45, 2.75) is 38.0 Å². The summed E-state index contributed by atoms with van der Waals surface area (Å²) in [7, 11) is 0. The molecule has 2 aromatic rings. The summed E-state index contributed by atoms with van der Waals surface area (Å²) in [5.41, 5.74) is -1.30. The topological polar surface area (TPSA) is 71.8 Å². The fraction of sp³-hybridized carbons (Fsp3) is 0.400. The summed E-state index contributed by atoms with van der Waals surface area (Å²) in [5.74, 6) is -1.38. The van der Waals surface area contributed by atoms with Crippen LogP contribution in [0.25, 0.3) is 0 Å². The molecule has 1 aromatic heterocycles. The number of amides is 1. The van der Waals surface area contributed by atoms with E-state index in [2.05, 4.69) is 20.7 Å². The molecule has 2 atom stereocenters. The highest BCUT2D eigenvalue weighted by Gasteiger charge is 2.35. The smallest absolute Gasteiger partial charge is 0.352 e. The molecule has 146 valence electrons. The summed E-state index contributed by atoms with van der Waals surface area (Å²) < 4.78 is 66.0. The Morgan fingerprint density at radius 1 is 1.41 bits per heavy atom. The molecule has 0 spiro atoms. The molecule has 2 N–H and O–H groups in total. The van der Waals surface area contributed by atoms with Gasteiger partial charge in [-0.25, -0.2) is 13.5 Å². The first-order chi connectivity index (χ1) is 12.6. The molecular formula is C15H13ClF5N5O. The van der Waals surface area contributed by atoms with Gasteiger partial charge in [0.25, 0.3) is 12.3 Å². The minimum absolute atomic E-state index is 0.00344. The van der Waals surface area contributed by atoms with Crippen LogP contribution in [0.15, 0.2) is 18.2 Å². The molecule has 1 amide bonds. The van der Waals surface area contributed by atoms with Gasteiger partial charge < -0.3 is 10.6 Å². The maximum absolute atomic E-state index is 13.2. The van der Waals surface area contributed by atoms with Crippen molar-refractivity contribution >= 4 is 29.1 Å². The van der Waals surface area contributed by atoms with E-state index in [1.54, 1.807) is 6.92 Å². The molecule has 27 heavy (non-hydrogen) atoms. The van der Waals surface area contributed by atoms with Crippen LogP contribution in [0, 0.1) is 0 Å². The van der Waals surface area contributed by atoms with Crippen LogP contribution in [0.5, 0.6) is 0 Å². The van der Waals surface area contributed by atoms with Crippen LogP contribution < -0.4 is 10.6 Å². The number of carbonyl (C=O) groups is 1. The molecule has 0 aliphatic carbocycles. The highest BCUT2D eigenvalue weighted by molar-refractivity contribution is 6.31. The van der Waals surface area contributed by atoms with Gasteiger partial charge in [0.15, 0.2) is 0 Å². The molecule has 3 rings (SSSR count). The lowest BCUT2D eigenvalue weighted by atomic mass is 10.1. The van der Waals surface area contributed by atoms with Crippen molar-refractivity contribution in [3.63, 3.8) is 0 Å². The minimum atomic E-state index is -4.70. The number of alkyl halides is 5. The Hall–Kier alpha value is -2.43. The Balaban J connectivity index is 1.85. The number of aromatic nitrogens is 3. The van der Waals surface area contributed by atoms with Crippen molar-refractivity contribution in [3.05, 3.63) is 34.6 Å². The number of hydrogen-bond acceptors (Lipinski definition) is 4. The van der Waals surface area contributed by atoms with Crippen molar-refractivity contribution < 1.29 is 26.7 Å². The third kappa shape index (κ3) is 3.97. The van der Waals surface area contributed by atoms with Crippen molar-refractivity contribution in [2.24, 2.45) is 0 Å². The maximum Gasteiger partial charge on any atom is 0.417 e. The van der Waals surface area contributed by atoms with Gasteiger partial charge in [-0.2, -0.15) is 18.2 Å². The molecule has 1 aliphatic heterocycles. The number of carbonyl (C=O) groups excluding carboxylic acids is 1. The van der Waals surface area contributed by atoms with Crippen LogP contribution in [0.3, 0.4) is 0 Å². The Morgan fingerprint density at radius 2 is 2.11 bits per heavy atom.